The maximum Gasteiger partial charge on any atom is 0.0841 e. The first kappa shape index (κ1) is 39.0. The second kappa shape index (κ2) is 31.4. The van der Waals surface area contributed by atoms with Gasteiger partial charge >= 0.3 is 0 Å². The van der Waals surface area contributed by atoms with E-state index in [1.54, 1.807) is 0 Å². The number of unbranched alkanes of at least 4 members (excludes halogenated alkanes) is 25. The normalized spacial score (nSPS) is 16.7. The molecule has 2 unspecified atom stereocenters. The molecule has 0 aromatic heterocycles. The summed E-state index contributed by atoms with van der Waals surface area (Å²) in [5.74, 6) is 1.02. The summed E-state index contributed by atoms with van der Waals surface area (Å²) in [5, 5.41) is 0. The van der Waals surface area contributed by atoms with E-state index in [1.807, 2.05) is 0 Å². The Morgan fingerprint density at radius 3 is 0.854 bits per heavy atom. The molecule has 0 N–H and O–H groups in total. The quantitative estimate of drug-likeness (QED) is 0.0540. The van der Waals surface area contributed by atoms with Gasteiger partial charge in [0.15, 0.2) is 0 Å². The van der Waals surface area contributed by atoms with Crippen LogP contribution in [0.5, 0.6) is 0 Å². The molecule has 1 fully saturated rings. The number of ether oxygens (including phenoxy) is 1. The van der Waals surface area contributed by atoms with Gasteiger partial charge in [0.05, 0.1) is 12.2 Å². The van der Waals surface area contributed by atoms with Crippen molar-refractivity contribution in [3.05, 3.63) is 0 Å². The molecule has 246 valence electrons. The van der Waals surface area contributed by atoms with Crippen LogP contribution in [0.3, 0.4) is 0 Å². The molecule has 0 saturated carbocycles. The van der Waals surface area contributed by atoms with E-state index < -0.39 is 0 Å². The van der Waals surface area contributed by atoms with Crippen LogP contribution < -0.4 is 0 Å². The number of hydrogen-bond acceptors (Lipinski definition) is 1. The Hall–Kier alpha value is -0.0400. The van der Waals surface area contributed by atoms with Gasteiger partial charge < -0.3 is 4.74 Å². The Morgan fingerprint density at radius 2 is 0.561 bits per heavy atom. The molecule has 1 nitrogen and oxygen atoms in total. The lowest BCUT2D eigenvalue weighted by molar-refractivity contribution is 0.346. The van der Waals surface area contributed by atoms with Crippen LogP contribution in [0.1, 0.15) is 239 Å². The van der Waals surface area contributed by atoms with E-state index in [2.05, 4.69) is 20.8 Å². The molecule has 1 rings (SSSR count). The van der Waals surface area contributed by atoms with Crippen molar-refractivity contribution in [2.75, 3.05) is 0 Å². The van der Waals surface area contributed by atoms with E-state index in [0.717, 1.165) is 5.92 Å². The molecular weight excluding hydrogens is 496 g/mol. The Labute approximate surface area is 261 Å². The highest BCUT2D eigenvalue weighted by atomic mass is 16.6. The van der Waals surface area contributed by atoms with Crippen molar-refractivity contribution in [3.8, 4) is 0 Å². The van der Waals surface area contributed by atoms with Crippen molar-refractivity contribution in [2.24, 2.45) is 5.92 Å². The third kappa shape index (κ3) is 27.3. The van der Waals surface area contributed by atoms with Crippen molar-refractivity contribution >= 4 is 0 Å². The van der Waals surface area contributed by atoms with Gasteiger partial charge in [-0.3, -0.25) is 0 Å². The highest BCUT2D eigenvalue weighted by molar-refractivity contribution is 4.84. The summed E-state index contributed by atoms with van der Waals surface area (Å²) in [6.45, 7) is 6.96. The van der Waals surface area contributed by atoms with E-state index in [0.29, 0.717) is 12.2 Å². The SMILES string of the molecule is CCCCCCCCCCCCCCC1OC1CCCCCCCC(CCCCCCCC)CCCCCCCC. The summed E-state index contributed by atoms with van der Waals surface area (Å²) in [5.41, 5.74) is 0. The van der Waals surface area contributed by atoms with Crippen LogP contribution in [0.2, 0.25) is 0 Å². The molecule has 0 spiro atoms. The van der Waals surface area contributed by atoms with E-state index >= 15 is 0 Å². The van der Waals surface area contributed by atoms with Crippen LogP contribution in [0, 0.1) is 5.92 Å². The third-order valence-corrected chi connectivity index (χ3v) is 10.1. The average Bonchev–Trinajstić information content (AvgIpc) is 3.74. The predicted octanol–water partition coefficient (Wildman–Crippen LogP) is 14.7. The largest absolute Gasteiger partial charge is 0.370 e. The molecule has 1 saturated heterocycles. The first-order valence-corrected chi connectivity index (χ1v) is 20.0. The van der Waals surface area contributed by atoms with Gasteiger partial charge in [0.1, 0.15) is 0 Å². The van der Waals surface area contributed by atoms with Gasteiger partial charge in [-0.15, -0.1) is 0 Å². The van der Waals surface area contributed by atoms with Gasteiger partial charge in [0.25, 0.3) is 0 Å². The molecule has 0 radical (unpaired) electrons. The van der Waals surface area contributed by atoms with Gasteiger partial charge in [-0.1, -0.05) is 226 Å². The fourth-order valence-electron chi connectivity index (χ4n) is 7.04. The second-order valence-electron chi connectivity index (χ2n) is 14.2. The maximum absolute atomic E-state index is 6.01. The summed E-state index contributed by atoms with van der Waals surface area (Å²) in [6, 6.07) is 0. The molecule has 0 amide bonds. The smallest absolute Gasteiger partial charge is 0.0841 e. The maximum atomic E-state index is 6.01. The zero-order chi connectivity index (χ0) is 29.5. The van der Waals surface area contributed by atoms with Gasteiger partial charge in [0.2, 0.25) is 0 Å². The third-order valence-electron chi connectivity index (χ3n) is 10.1. The standard InChI is InChI=1S/C40H80O/c1-4-7-10-13-16-17-18-19-20-21-26-31-36-39-40(41-39)37-32-27-22-25-30-35-38(33-28-23-14-11-8-5-2)34-29-24-15-12-9-6-3/h38-40H,4-37H2,1-3H3. The predicted molar refractivity (Wildman–Crippen MR) is 186 cm³/mol. The lowest BCUT2D eigenvalue weighted by Crippen LogP contribution is -2.02. The van der Waals surface area contributed by atoms with Crippen molar-refractivity contribution in [1.82, 2.24) is 0 Å². The van der Waals surface area contributed by atoms with Crippen molar-refractivity contribution < 1.29 is 4.74 Å². The van der Waals surface area contributed by atoms with E-state index in [9.17, 15) is 0 Å². The minimum absolute atomic E-state index is 0.627. The lowest BCUT2D eigenvalue weighted by atomic mass is 9.89. The summed E-state index contributed by atoms with van der Waals surface area (Å²) < 4.78 is 6.01. The van der Waals surface area contributed by atoms with Crippen molar-refractivity contribution in [2.45, 2.75) is 251 Å². The van der Waals surface area contributed by atoms with Crippen LogP contribution >= 0.6 is 0 Å². The molecular formula is C40H80O. The fraction of sp³-hybridized carbons (Fsp3) is 1.00. The van der Waals surface area contributed by atoms with E-state index in [-0.39, 0.29) is 0 Å². The highest BCUT2D eigenvalue weighted by Gasteiger charge is 2.36. The molecule has 41 heavy (non-hydrogen) atoms. The Morgan fingerprint density at radius 1 is 0.317 bits per heavy atom. The number of hydrogen-bond donors (Lipinski definition) is 0. The molecule has 1 aliphatic heterocycles. The first-order valence-electron chi connectivity index (χ1n) is 20.0. The summed E-state index contributed by atoms with van der Waals surface area (Å²) in [6.07, 6.45) is 50.5. The van der Waals surface area contributed by atoms with E-state index in [4.69, 9.17) is 4.74 Å². The molecule has 1 heterocycles. The fourth-order valence-corrected chi connectivity index (χ4v) is 7.04. The Balaban J connectivity index is 1.93. The van der Waals surface area contributed by atoms with Crippen LogP contribution in [-0.2, 0) is 4.74 Å². The van der Waals surface area contributed by atoms with Gasteiger partial charge in [-0.25, -0.2) is 0 Å². The zero-order valence-corrected chi connectivity index (χ0v) is 29.2. The van der Waals surface area contributed by atoms with Crippen molar-refractivity contribution in [1.29, 1.82) is 0 Å². The molecule has 1 aliphatic rings. The van der Waals surface area contributed by atoms with Crippen LogP contribution in [0.25, 0.3) is 0 Å². The van der Waals surface area contributed by atoms with Gasteiger partial charge in [-0.05, 0) is 18.8 Å². The van der Waals surface area contributed by atoms with Gasteiger partial charge in [0, 0.05) is 0 Å². The monoisotopic (exact) mass is 577 g/mol. The topological polar surface area (TPSA) is 12.5 Å². The average molecular weight is 577 g/mol. The zero-order valence-electron chi connectivity index (χ0n) is 29.2. The van der Waals surface area contributed by atoms with Crippen LogP contribution in [-0.4, -0.2) is 12.2 Å². The Kier molecular flexibility index (Phi) is 29.8. The van der Waals surface area contributed by atoms with Crippen molar-refractivity contribution in [3.63, 3.8) is 0 Å². The highest BCUT2D eigenvalue weighted by Crippen LogP contribution is 2.32. The molecule has 0 aromatic rings. The first-order chi connectivity index (χ1) is 20.3. The number of rotatable bonds is 35. The minimum Gasteiger partial charge on any atom is -0.370 e. The minimum atomic E-state index is 0.627. The molecule has 0 bridgehead atoms. The van der Waals surface area contributed by atoms with Gasteiger partial charge in [-0.2, -0.15) is 0 Å². The molecule has 0 aliphatic carbocycles. The molecule has 1 heteroatoms. The lowest BCUT2D eigenvalue weighted by Gasteiger charge is -2.17. The summed E-state index contributed by atoms with van der Waals surface area (Å²) in [7, 11) is 0. The second-order valence-corrected chi connectivity index (χ2v) is 14.2. The molecule has 2 atom stereocenters. The Bertz CT molecular complexity index is 471. The summed E-state index contributed by atoms with van der Waals surface area (Å²) >= 11 is 0. The summed E-state index contributed by atoms with van der Waals surface area (Å²) in [4.78, 5) is 0. The van der Waals surface area contributed by atoms with Crippen LogP contribution in [0.15, 0.2) is 0 Å². The van der Waals surface area contributed by atoms with Crippen LogP contribution in [0.4, 0.5) is 0 Å². The molecule has 0 aromatic carbocycles. The van der Waals surface area contributed by atoms with E-state index in [1.165, 1.54) is 218 Å². The number of epoxide rings is 1.